The molecule has 1 heterocycles. The molecule has 5 heteroatoms. The van der Waals surface area contributed by atoms with E-state index in [1.54, 1.807) is 0 Å². The average molecular weight is 286 g/mol. The van der Waals surface area contributed by atoms with Crippen molar-refractivity contribution in [1.29, 1.82) is 0 Å². The number of ether oxygens (including phenoxy) is 2. The minimum atomic E-state index is -0.259. The summed E-state index contributed by atoms with van der Waals surface area (Å²) >= 11 is 0. The normalized spacial score (nSPS) is 21.9. The van der Waals surface area contributed by atoms with Crippen molar-refractivity contribution in [1.82, 2.24) is 10.2 Å². The number of nitrogens with one attached hydrogen (secondary N) is 1. The summed E-state index contributed by atoms with van der Waals surface area (Å²) in [6.45, 7) is 9.66. The van der Waals surface area contributed by atoms with E-state index in [1.165, 1.54) is 7.11 Å². The molecule has 1 N–H and O–H groups in total. The maximum absolute atomic E-state index is 11.8. The first kappa shape index (κ1) is 17.4. The molecule has 0 saturated carbocycles. The fourth-order valence-corrected chi connectivity index (χ4v) is 2.60. The van der Waals surface area contributed by atoms with Crippen LogP contribution in [0.1, 0.15) is 40.0 Å². The Morgan fingerprint density at radius 3 is 2.80 bits per heavy atom. The summed E-state index contributed by atoms with van der Waals surface area (Å²) < 4.78 is 10.7. The summed E-state index contributed by atoms with van der Waals surface area (Å²) in [5.74, 6) is -0.185. The lowest BCUT2D eigenvalue weighted by Gasteiger charge is -2.34. The van der Waals surface area contributed by atoms with Gasteiger partial charge in [0.1, 0.15) is 6.04 Å². The third-order valence-corrected chi connectivity index (χ3v) is 3.48. The Morgan fingerprint density at radius 2 is 2.20 bits per heavy atom. The predicted molar refractivity (Wildman–Crippen MR) is 79.8 cm³/mol. The Bertz CT molecular complexity index is 284. The lowest BCUT2D eigenvalue weighted by atomic mass is 10.1. The molecule has 1 rings (SSSR count). The summed E-state index contributed by atoms with van der Waals surface area (Å²) in [5.41, 5.74) is 0. The van der Waals surface area contributed by atoms with Crippen LogP contribution in [0.4, 0.5) is 0 Å². The molecule has 0 spiro atoms. The summed E-state index contributed by atoms with van der Waals surface area (Å²) in [5, 5.41) is 3.28. The highest BCUT2D eigenvalue weighted by molar-refractivity contribution is 5.76. The lowest BCUT2D eigenvalue weighted by Crippen LogP contribution is -2.52. The van der Waals surface area contributed by atoms with Crippen LogP contribution < -0.4 is 5.32 Å². The summed E-state index contributed by atoms with van der Waals surface area (Å²) in [6.07, 6.45) is 3.61. The van der Waals surface area contributed by atoms with Crippen LogP contribution in [0.3, 0.4) is 0 Å². The van der Waals surface area contributed by atoms with Gasteiger partial charge in [0.25, 0.3) is 0 Å². The number of likely N-dealkylation sites (tertiary alicyclic amines) is 1. The monoisotopic (exact) mass is 286 g/mol. The van der Waals surface area contributed by atoms with Crippen molar-refractivity contribution < 1.29 is 14.3 Å². The molecule has 1 aliphatic rings. The number of hydrogen-bond donors (Lipinski definition) is 1. The van der Waals surface area contributed by atoms with Crippen molar-refractivity contribution in [2.75, 3.05) is 33.4 Å². The van der Waals surface area contributed by atoms with Crippen LogP contribution in [0.15, 0.2) is 0 Å². The van der Waals surface area contributed by atoms with E-state index in [4.69, 9.17) is 9.47 Å². The molecular formula is C15H30N2O3. The largest absolute Gasteiger partial charge is 0.468 e. The number of esters is 1. The van der Waals surface area contributed by atoms with E-state index in [-0.39, 0.29) is 18.1 Å². The van der Waals surface area contributed by atoms with Crippen LogP contribution in [0.5, 0.6) is 0 Å². The van der Waals surface area contributed by atoms with Crippen LogP contribution in [0.25, 0.3) is 0 Å². The quantitative estimate of drug-likeness (QED) is 0.684. The van der Waals surface area contributed by atoms with Crippen LogP contribution in [-0.4, -0.2) is 62.4 Å². The molecule has 0 amide bonds. The molecule has 1 saturated heterocycles. The molecule has 0 radical (unpaired) electrons. The number of hydrogen-bond acceptors (Lipinski definition) is 5. The van der Waals surface area contributed by atoms with E-state index in [0.717, 1.165) is 39.0 Å². The minimum Gasteiger partial charge on any atom is -0.468 e. The summed E-state index contributed by atoms with van der Waals surface area (Å²) in [6, 6.07) is 0.000883. The first-order valence-electron chi connectivity index (χ1n) is 7.74. The summed E-state index contributed by atoms with van der Waals surface area (Å²) in [4.78, 5) is 14.1. The molecule has 2 atom stereocenters. The molecule has 118 valence electrons. The first-order chi connectivity index (χ1) is 9.56. The van der Waals surface area contributed by atoms with Crippen LogP contribution in [0.2, 0.25) is 0 Å². The molecule has 0 aromatic heterocycles. The van der Waals surface area contributed by atoms with E-state index in [0.29, 0.717) is 12.6 Å². The van der Waals surface area contributed by atoms with Gasteiger partial charge in [-0.05, 0) is 25.8 Å². The van der Waals surface area contributed by atoms with E-state index >= 15 is 0 Å². The van der Waals surface area contributed by atoms with Gasteiger partial charge in [-0.3, -0.25) is 9.69 Å². The third-order valence-electron chi connectivity index (χ3n) is 3.48. The van der Waals surface area contributed by atoms with E-state index < -0.39 is 0 Å². The molecule has 0 aromatic carbocycles. The Hall–Kier alpha value is -0.650. The highest BCUT2D eigenvalue weighted by Crippen LogP contribution is 2.14. The van der Waals surface area contributed by atoms with Crippen molar-refractivity contribution in [3.8, 4) is 0 Å². The maximum atomic E-state index is 11.8. The van der Waals surface area contributed by atoms with Gasteiger partial charge in [0, 0.05) is 25.7 Å². The van der Waals surface area contributed by atoms with Crippen LogP contribution in [0, 0.1) is 0 Å². The van der Waals surface area contributed by atoms with Crippen molar-refractivity contribution in [3.63, 3.8) is 0 Å². The Kier molecular flexibility index (Phi) is 8.11. The topological polar surface area (TPSA) is 50.8 Å². The Labute approximate surface area is 123 Å². The SMILES string of the molecule is CCCOC1CCCN(CC(NC(C)C)C(=O)OC)C1. The van der Waals surface area contributed by atoms with Crippen molar-refractivity contribution in [3.05, 3.63) is 0 Å². The van der Waals surface area contributed by atoms with Gasteiger partial charge in [-0.2, -0.15) is 0 Å². The van der Waals surface area contributed by atoms with Gasteiger partial charge >= 0.3 is 5.97 Å². The van der Waals surface area contributed by atoms with Crippen molar-refractivity contribution in [2.24, 2.45) is 0 Å². The van der Waals surface area contributed by atoms with Gasteiger partial charge in [-0.1, -0.05) is 20.8 Å². The standard InChI is InChI=1S/C15H30N2O3/c1-5-9-20-13-7-6-8-17(10-13)11-14(15(18)19-4)16-12(2)3/h12-14,16H,5-11H2,1-4H3. The molecular weight excluding hydrogens is 256 g/mol. The summed E-state index contributed by atoms with van der Waals surface area (Å²) in [7, 11) is 1.45. The molecule has 0 aliphatic carbocycles. The smallest absolute Gasteiger partial charge is 0.324 e. The van der Waals surface area contributed by atoms with Crippen molar-refractivity contribution in [2.45, 2.75) is 58.2 Å². The van der Waals surface area contributed by atoms with Gasteiger partial charge in [-0.25, -0.2) is 0 Å². The van der Waals surface area contributed by atoms with Crippen LogP contribution >= 0.6 is 0 Å². The van der Waals surface area contributed by atoms with E-state index in [9.17, 15) is 4.79 Å². The van der Waals surface area contributed by atoms with Crippen LogP contribution in [-0.2, 0) is 14.3 Å². The number of nitrogens with zero attached hydrogens (tertiary/aromatic N) is 1. The Morgan fingerprint density at radius 1 is 1.45 bits per heavy atom. The molecule has 2 unspecified atom stereocenters. The highest BCUT2D eigenvalue weighted by Gasteiger charge is 2.26. The second-order valence-electron chi connectivity index (χ2n) is 5.79. The highest BCUT2D eigenvalue weighted by atomic mass is 16.5. The predicted octanol–water partition coefficient (Wildman–Crippen LogP) is 1.42. The van der Waals surface area contributed by atoms with E-state index in [1.807, 2.05) is 13.8 Å². The van der Waals surface area contributed by atoms with Gasteiger partial charge in [0.15, 0.2) is 0 Å². The number of piperidine rings is 1. The average Bonchev–Trinajstić information content (AvgIpc) is 2.43. The van der Waals surface area contributed by atoms with Gasteiger partial charge in [-0.15, -0.1) is 0 Å². The lowest BCUT2D eigenvalue weighted by molar-refractivity contribution is -0.144. The molecule has 5 nitrogen and oxygen atoms in total. The first-order valence-corrected chi connectivity index (χ1v) is 7.74. The second-order valence-corrected chi connectivity index (χ2v) is 5.79. The molecule has 20 heavy (non-hydrogen) atoms. The van der Waals surface area contributed by atoms with Gasteiger partial charge in [0.2, 0.25) is 0 Å². The zero-order valence-corrected chi connectivity index (χ0v) is 13.4. The number of carbonyl (C=O) groups is 1. The zero-order chi connectivity index (χ0) is 15.0. The number of rotatable bonds is 8. The molecule has 1 aliphatic heterocycles. The second kappa shape index (κ2) is 9.32. The Balaban J connectivity index is 2.47. The number of methoxy groups -OCH3 is 1. The zero-order valence-electron chi connectivity index (χ0n) is 13.4. The minimum absolute atomic E-state index is 0.185. The van der Waals surface area contributed by atoms with Gasteiger partial charge in [0.05, 0.1) is 13.2 Å². The maximum Gasteiger partial charge on any atom is 0.324 e. The third kappa shape index (κ3) is 6.20. The van der Waals surface area contributed by atoms with Crippen molar-refractivity contribution >= 4 is 5.97 Å². The molecule has 1 fully saturated rings. The van der Waals surface area contributed by atoms with E-state index in [2.05, 4.69) is 17.1 Å². The fraction of sp³-hybridized carbons (Fsp3) is 0.933. The molecule has 0 bridgehead atoms. The fourth-order valence-electron chi connectivity index (χ4n) is 2.60. The number of carbonyl (C=O) groups excluding carboxylic acids is 1. The molecule has 0 aromatic rings. The van der Waals surface area contributed by atoms with Gasteiger partial charge < -0.3 is 14.8 Å².